The number of hydrogen-bond acceptors (Lipinski definition) is 1. The Kier molecular flexibility index (Phi) is 3.39. The van der Waals surface area contributed by atoms with Crippen LogP contribution in [0.15, 0.2) is 0 Å². The van der Waals surface area contributed by atoms with Crippen molar-refractivity contribution in [3.63, 3.8) is 0 Å². The van der Waals surface area contributed by atoms with Crippen molar-refractivity contribution in [1.82, 2.24) is 4.90 Å². The van der Waals surface area contributed by atoms with Gasteiger partial charge in [0.25, 0.3) is 0 Å². The zero-order valence-electron chi connectivity index (χ0n) is 10.9. The quantitative estimate of drug-likeness (QED) is 0.685. The van der Waals surface area contributed by atoms with Crippen LogP contribution in [0.1, 0.15) is 59.8 Å². The Balaban J connectivity index is 1.96. The third-order valence-corrected chi connectivity index (χ3v) is 4.29. The van der Waals surface area contributed by atoms with Crippen LogP contribution in [0.2, 0.25) is 0 Å². The molecule has 2 rings (SSSR count). The molecule has 2 aliphatic rings. The smallest absolute Gasteiger partial charge is 0.0104 e. The SMILES string of the molecule is CC(C)CC1CC2CC[C@@H](C1)N2C(C)C. The van der Waals surface area contributed by atoms with Crippen LogP contribution in [-0.4, -0.2) is 23.0 Å². The van der Waals surface area contributed by atoms with Gasteiger partial charge in [-0.15, -0.1) is 0 Å². The maximum Gasteiger partial charge on any atom is 0.0104 e. The van der Waals surface area contributed by atoms with Gasteiger partial charge >= 0.3 is 0 Å². The minimum Gasteiger partial charge on any atom is -0.295 e. The number of piperidine rings is 1. The minimum absolute atomic E-state index is 0.766. The molecular formula is C14H27N. The van der Waals surface area contributed by atoms with Crippen molar-refractivity contribution < 1.29 is 0 Å². The van der Waals surface area contributed by atoms with Crippen molar-refractivity contribution in [2.45, 2.75) is 77.9 Å². The van der Waals surface area contributed by atoms with Crippen LogP contribution in [0.3, 0.4) is 0 Å². The van der Waals surface area contributed by atoms with Crippen molar-refractivity contribution in [2.75, 3.05) is 0 Å². The van der Waals surface area contributed by atoms with E-state index in [9.17, 15) is 0 Å². The molecule has 0 radical (unpaired) electrons. The summed E-state index contributed by atoms with van der Waals surface area (Å²) < 4.78 is 0. The second kappa shape index (κ2) is 4.45. The van der Waals surface area contributed by atoms with Crippen LogP contribution in [-0.2, 0) is 0 Å². The Labute approximate surface area is 95.2 Å². The monoisotopic (exact) mass is 209 g/mol. The van der Waals surface area contributed by atoms with E-state index in [1.54, 1.807) is 0 Å². The van der Waals surface area contributed by atoms with Gasteiger partial charge in [-0.05, 0) is 57.8 Å². The van der Waals surface area contributed by atoms with Crippen LogP contribution in [0.5, 0.6) is 0 Å². The molecule has 3 atom stereocenters. The molecule has 2 unspecified atom stereocenters. The molecule has 0 aliphatic carbocycles. The molecule has 1 nitrogen and oxygen atoms in total. The van der Waals surface area contributed by atoms with Gasteiger partial charge in [-0.25, -0.2) is 0 Å². The van der Waals surface area contributed by atoms with E-state index < -0.39 is 0 Å². The Bertz CT molecular complexity index is 195. The number of rotatable bonds is 3. The van der Waals surface area contributed by atoms with Gasteiger partial charge in [-0.1, -0.05) is 13.8 Å². The molecule has 0 saturated carbocycles. The second-order valence-corrected chi connectivity index (χ2v) is 6.39. The van der Waals surface area contributed by atoms with Crippen LogP contribution < -0.4 is 0 Å². The summed E-state index contributed by atoms with van der Waals surface area (Å²) in [6, 6.07) is 2.61. The average Bonchev–Trinajstić information content (AvgIpc) is 2.38. The van der Waals surface area contributed by atoms with E-state index in [-0.39, 0.29) is 0 Å². The fourth-order valence-corrected chi connectivity index (χ4v) is 4.03. The first-order valence-corrected chi connectivity index (χ1v) is 6.85. The fraction of sp³-hybridized carbons (Fsp3) is 1.00. The Hall–Kier alpha value is -0.0400. The Morgan fingerprint density at radius 3 is 1.93 bits per heavy atom. The molecule has 0 N–H and O–H groups in total. The molecule has 0 spiro atoms. The molecule has 2 heterocycles. The van der Waals surface area contributed by atoms with Gasteiger partial charge < -0.3 is 0 Å². The first-order chi connectivity index (χ1) is 7.08. The summed E-state index contributed by atoms with van der Waals surface area (Å²) >= 11 is 0. The molecule has 1 heteroatoms. The van der Waals surface area contributed by atoms with Gasteiger partial charge in [0.2, 0.25) is 0 Å². The minimum atomic E-state index is 0.766. The second-order valence-electron chi connectivity index (χ2n) is 6.39. The zero-order valence-corrected chi connectivity index (χ0v) is 10.9. The lowest BCUT2D eigenvalue weighted by molar-refractivity contribution is 0.0669. The lowest BCUT2D eigenvalue weighted by Crippen LogP contribution is -2.46. The zero-order chi connectivity index (χ0) is 11.0. The molecule has 2 saturated heterocycles. The number of fused-ring (bicyclic) bond motifs is 2. The van der Waals surface area contributed by atoms with Crippen molar-refractivity contribution in [3.8, 4) is 0 Å². The summed E-state index contributed by atoms with van der Waals surface area (Å²) in [5.41, 5.74) is 0. The molecule has 88 valence electrons. The van der Waals surface area contributed by atoms with Crippen molar-refractivity contribution in [2.24, 2.45) is 11.8 Å². The molecular weight excluding hydrogens is 182 g/mol. The number of hydrogen-bond donors (Lipinski definition) is 0. The lowest BCUT2D eigenvalue weighted by Gasteiger charge is -2.42. The highest BCUT2D eigenvalue weighted by atomic mass is 15.2. The van der Waals surface area contributed by atoms with Crippen LogP contribution >= 0.6 is 0 Å². The van der Waals surface area contributed by atoms with E-state index in [0.29, 0.717) is 0 Å². The van der Waals surface area contributed by atoms with Gasteiger partial charge in [0.05, 0.1) is 0 Å². The van der Waals surface area contributed by atoms with Gasteiger partial charge in [-0.3, -0.25) is 4.90 Å². The Morgan fingerprint density at radius 1 is 1.00 bits per heavy atom. The third-order valence-electron chi connectivity index (χ3n) is 4.29. The molecule has 0 aromatic heterocycles. The summed E-state index contributed by atoms with van der Waals surface area (Å²) in [6.07, 6.45) is 7.35. The lowest BCUT2D eigenvalue weighted by atomic mass is 9.84. The standard InChI is InChI=1S/C14H27N/c1-10(2)7-12-8-13-5-6-14(9-12)15(13)11(3)4/h10-14H,5-9H2,1-4H3/t12?,13-,14?/m0/s1. The normalized spacial score (nSPS) is 36.8. The maximum atomic E-state index is 2.80. The Morgan fingerprint density at radius 2 is 1.53 bits per heavy atom. The van der Waals surface area contributed by atoms with Crippen LogP contribution in [0.25, 0.3) is 0 Å². The highest BCUT2D eigenvalue weighted by molar-refractivity contribution is 4.96. The topological polar surface area (TPSA) is 3.24 Å². The van der Waals surface area contributed by atoms with E-state index in [0.717, 1.165) is 30.0 Å². The molecule has 0 amide bonds. The first-order valence-electron chi connectivity index (χ1n) is 6.85. The summed E-state index contributed by atoms with van der Waals surface area (Å²) in [6.45, 7) is 9.48. The average molecular weight is 209 g/mol. The summed E-state index contributed by atoms with van der Waals surface area (Å²) in [5, 5.41) is 0. The van der Waals surface area contributed by atoms with Crippen LogP contribution in [0, 0.1) is 11.8 Å². The fourth-order valence-electron chi connectivity index (χ4n) is 4.03. The highest BCUT2D eigenvalue weighted by Crippen LogP contribution is 2.41. The maximum absolute atomic E-state index is 2.80. The van der Waals surface area contributed by atoms with Crippen molar-refractivity contribution in [3.05, 3.63) is 0 Å². The summed E-state index contributed by atoms with van der Waals surface area (Å²) in [7, 11) is 0. The molecule has 15 heavy (non-hydrogen) atoms. The van der Waals surface area contributed by atoms with Gasteiger partial charge in [-0.2, -0.15) is 0 Å². The third kappa shape index (κ3) is 2.38. The van der Waals surface area contributed by atoms with Crippen molar-refractivity contribution in [1.29, 1.82) is 0 Å². The van der Waals surface area contributed by atoms with E-state index in [1.807, 2.05) is 0 Å². The van der Waals surface area contributed by atoms with E-state index in [4.69, 9.17) is 0 Å². The molecule has 0 aromatic carbocycles. The van der Waals surface area contributed by atoms with Gasteiger partial charge in [0.15, 0.2) is 0 Å². The van der Waals surface area contributed by atoms with E-state index in [2.05, 4.69) is 32.6 Å². The summed E-state index contributed by atoms with van der Waals surface area (Å²) in [5.74, 6) is 1.91. The molecule has 0 aromatic rings. The van der Waals surface area contributed by atoms with Crippen molar-refractivity contribution >= 4 is 0 Å². The highest BCUT2D eigenvalue weighted by Gasteiger charge is 2.41. The van der Waals surface area contributed by atoms with E-state index in [1.165, 1.54) is 32.1 Å². The van der Waals surface area contributed by atoms with E-state index >= 15 is 0 Å². The molecule has 2 bridgehead atoms. The molecule has 2 aliphatic heterocycles. The predicted molar refractivity (Wildman–Crippen MR) is 66.0 cm³/mol. The first kappa shape index (κ1) is 11.4. The summed E-state index contributed by atoms with van der Waals surface area (Å²) in [4.78, 5) is 2.80. The largest absolute Gasteiger partial charge is 0.295 e. The van der Waals surface area contributed by atoms with Gasteiger partial charge in [0, 0.05) is 18.1 Å². The van der Waals surface area contributed by atoms with Crippen LogP contribution in [0.4, 0.5) is 0 Å². The predicted octanol–water partition coefficient (Wildman–Crippen LogP) is 3.68. The number of nitrogens with zero attached hydrogens (tertiary/aromatic N) is 1. The van der Waals surface area contributed by atoms with Gasteiger partial charge in [0.1, 0.15) is 0 Å². The molecule has 2 fully saturated rings.